The Kier molecular flexibility index (Phi) is 6.14. The number of piperidine rings is 1. The standard InChI is InChI=1S/C22H26N6O/c29-22(28-14-4-2-7-20(28)10-15-27-13-5-12-26-27)18-8-9-21(24-16-18)25-17-19-6-1-3-11-23-19/h1,3,5-6,8-9,11-13,16,20H,2,4,7,10,14-15,17H2,(H,24,25)/t20-/m0/s1. The van der Waals surface area contributed by atoms with Crippen molar-refractivity contribution in [3.63, 3.8) is 0 Å². The van der Waals surface area contributed by atoms with E-state index in [9.17, 15) is 4.79 Å². The summed E-state index contributed by atoms with van der Waals surface area (Å²) in [5.74, 6) is 0.806. The van der Waals surface area contributed by atoms with Crippen molar-refractivity contribution in [3.8, 4) is 0 Å². The maximum absolute atomic E-state index is 13.1. The summed E-state index contributed by atoms with van der Waals surface area (Å²) >= 11 is 0. The Hall–Kier alpha value is -3.22. The van der Waals surface area contributed by atoms with Gasteiger partial charge in [0.25, 0.3) is 5.91 Å². The molecule has 1 aliphatic heterocycles. The number of carbonyl (C=O) groups is 1. The van der Waals surface area contributed by atoms with Crippen LogP contribution in [-0.2, 0) is 13.1 Å². The fourth-order valence-corrected chi connectivity index (χ4v) is 3.76. The van der Waals surface area contributed by atoms with Gasteiger partial charge in [0.05, 0.1) is 17.8 Å². The Bertz CT molecular complexity index is 895. The molecule has 1 amide bonds. The Morgan fingerprint density at radius 2 is 2.07 bits per heavy atom. The number of pyridine rings is 2. The van der Waals surface area contributed by atoms with Crippen molar-refractivity contribution in [3.05, 3.63) is 72.4 Å². The minimum atomic E-state index is 0.0685. The molecule has 3 aromatic rings. The molecule has 0 aliphatic carbocycles. The molecule has 1 atom stereocenters. The first-order valence-corrected chi connectivity index (χ1v) is 10.2. The average Bonchev–Trinajstić information content (AvgIpc) is 3.31. The highest BCUT2D eigenvalue weighted by molar-refractivity contribution is 5.94. The molecule has 7 heteroatoms. The van der Waals surface area contributed by atoms with Crippen LogP contribution < -0.4 is 5.32 Å². The number of nitrogens with zero attached hydrogens (tertiary/aromatic N) is 5. The lowest BCUT2D eigenvalue weighted by molar-refractivity contribution is 0.0593. The van der Waals surface area contributed by atoms with Gasteiger partial charge in [-0.05, 0) is 56.0 Å². The molecule has 0 bridgehead atoms. The van der Waals surface area contributed by atoms with Crippen molar-refractivity contribution in [2.75, 3.05) is 11.9 Å². The number of likely N-dealkylation sites (tertiary alicyclic amines) is 1. The van der Waals surface area contributed by atoms with Gasteiger partial charge in [-0.2, -0.15) is 5.10 Å². The summed E-state index contributed by atoms with van der Waals surface area (Å²) in [7, 11) is 0. The van der Waals surface area contributed by atoms with Crippen LogP contribution in [0, 0.1) is 0 Å². The van der Waals surface area contributed by atoms with Crippen LogP contribution in [-0.4, -0.2) is 43.1 Å². The van der Waals surface area contributed by atoms with Crippen molar-refractivity contribution >= 4 is 11.7 Å². The lowest BCUT2D eigenvalue weighted by atomic mass is 9.98. The third kappa shape index (κ3) is 4.99. The van der Waals surface area contributed by atoms with Crippen molar-refractivity contribution in [1.82, 2.24) is 24.6 Å². The van der Waals surface area contributed by atoms with Gasteiger partial charge in [0.2, 0.25) is 0 Å². The van der Waals surface area contributed by atoms with E-state index in [0.29, 0.717) is 12.1 Å². The van der Waals surface area contributed by atoms with Crippen molar-refractivity contribution in [2.24, 2.45) is 0 Å². The molecule has 0 unspecified atom stereocenters. The van der Waals surface area contributed by atoms with E-state index in [-0.39, 0.29) is 11.9 Å². The summed E-state index contributed by atoms with van der Waals surface area (Å²) in [5, 5.41) is 7.51. The van der Waals surface area contributed by atoms with Crippen molar-refractivity contribution < 1.29 is 4.79 Å². The third-order valence-corrected chi connectivity index (χ3v) is 5.33. The number of aromatic nitrogens is 4. The number of nitrogens with one attached hydrogen (secondary N) is 1. The van der Waals surface area contributed by atoms with Crippen LogP contribution in [0.4, 0.5) is 5.82 Å². The second-order valence-electron chi connectivity index (χ2n) is 7.31. The zero-order chi connectivity index (χ0) is 19.9. The Balaban J connectivity index is 1.36. The lowest BCUT2D eigenvalue weighted by Crippen LogP contribution is -2.44. The minimum absolute atomic E-state index is 0.0685. The van der Waals surface area contributed by atoms with Crippen LogP contribution in [0.15, 0.2) is 61.2 Å². The molecular weight excluding hydrogens is 364 g/mol. The second kappa shape index (κ2) is 9.32. The van der Waals surface area contributed by atoms with Gasteiger partial charge in [-0.25, -0.2) is 4.98 Å². The first-order chi connectivity index (χ1) is 14.3. The van der Waals surface area contributed by atoms with Gasteiger partial charge in [0.15, 0.2) is 0 Å². The van der Waals surface area contributed by atoms with Crippen LogP contribution in [0.1, 0.15) is 41.7 Å². The van der Waals surface area contributed by atoms with Crippen molar-refractivity contribution in [1.29, 1.82) is 0 Å². The summed E-state index contributed by atoms with van der Waals surface area (Å²) < 4.78 is 1.93. The molecule has 1 aliphatic rings. The highest BCUT2D eigenvalue weighted by Gasteiger charge is 2.27. The predicted molar refractivity (Wildman–Crippen MR) is 111 cm³/mol. The molecule has 1 saturated heterocycles. The summed E-state index contributed by atoms with van der Waals surface area (Å²) in [6.45, 7) is 2.24. The Morgan fingerprint density at radius 1 is 1.10 bits per heavy atom. The molecule has 1 fully saturated rings. The van der Waals surface area contributed by atoms with E-state index in [1.165, 1.54) is 6.42 Å². The molecule has 1 N–H and O–H groups in total. The monoisotopic (exact) mass is 390 g/mol. The number of rotatable bonds is 7. The van der Waals surface area contributed by atoms with Gasteiger partial charge >= 0.3 is 0 Å². The van der Waals surface area contributed by atoms with Crippen LogP contribution in [0.2, 0.25) is 0 Å². The molecule has 4 heterocycles. The fourth-order valence-electron chi connectivity index (χ4n) is 3.76. The van der Waals surface area contributed by atoms with E-state index in [2.05, 4.69) is 20.4 Å². The smallest absolute Gasteiger partial charge is 0.255 e. The topological polar surface area (TPSA) is 75.9 Å². The molecule has 3 aromatic heterocycles. The van der Waals surface area contributed by atoms with E-state index < -0.39 is 0 Å². The summed E-state index contributed by atoms with van der Waals surface area (Å²) in [5.41, 5.74) is 1.59. The Morgan fingerprint density at radius 3 is 2.83 bits per heavy atom. The quantitative estimate of drug-likeness (QED) is 0.669. The van der Waals surface area contributed by atoms with Crippen LogP contribution >= 0.6 is 0 Å². The fraction of sp³-hybridized carbons (Fsp3) is 0.364. The second-order valence-corrected chi connectivity index (χ2v) is 7.31. The maximum Gasteiger partial charge on any atom is 0.255 e. The van der Waals surface area contributed by atoms with Crippen molar-refractivity contribution in [2.45, 2.75) is 44.8 Å². The first kappa shape index (κ1) is 19.1. The van der Waals surface area contributed by atoms with Gasteiger partial charge in [-0.1, -0.05) is 6.07 Å². The minimum Gasteiger partial charge on any atom is -0.364 e. The zero-order valence-electron chi connectivity index (χ0n) is 16.4. The van der Waals surface area contributed by atoms with Crippen LogP contribution in [0.3, 0.4) is 0 Å². The number of anilines is 1. The Labute approximate surface area is 170 Å². The SMILES string of the molecule is O=C(c1ccc(NCc2ccccn2)nc1)N1CCCC[C@H]1CCn1cccn1. The number of aryl methyl sites for hydroxylation is 1. The van der Waals surface area contributed by atoms with Gasteiger partial charge in [-0.15, -0.1) is 0 Å². The normalized spacial score (nSPS) is 16.6. The first-order valence-electron chi connectivity index (χ1n) is 10.2. The number of amides is 1. The molecular formula is C22H26N6O. The number of hydrogen-bond acceptors (Lipinski definition) is 5. The molecule has 0 saturated carbocycles. The summed E-state index contributed by atoms with van der Waals surface area (Å²) in [4.78, 5) is 23.8. The average molecular weight is 390 g/mol. The summed E-state index contributed by atoms with van der Waals surface area (Å²) in [6.07, 6.45) is 11.4. The summed E-state index contributed by atoms with van der Waals surface area (Å²) in [6, 6.07) is 11.7. The molecule has 0 aromatic carbocycles. The van der Waals surface area contributed by atoms with Gasteiger partial charge < -0.3 is 10.2 Å². The third-order valence-electron chi connectivity index (χ3n) is 5.33. The molecule has 0 spiro atoms. The number of hydrogen-bond donors (Lipinski definition) is 1. The maximum atomic E-state index is 13.1. The van der Waals surface area contributed by atoms with E-state index >= 15 is 0 Å². The molecule has 29 heavy (non-hydrogen) atoms. The predicted octanol–water partition coefficient (Wildman–Crippen LogP) is 3.37. The van der Waals surface area contributed by atoms with Crippen LogP contribution in [0.25, 0.3) is 0 Å². The van der Waals surface area contributed by atoms with E-state index in [4.69, 9.17) is 0 Å². The molecule has 4 rings (SSSR count). The van der Waals surface area contributed by atoms with Crippen LogP contribution in [0.5, 0.6) is 0 Å². The highest BCUT2D eigenvalue weighted by atomic mass is 16.2. The number of carbonyl (C=O) groups excluding carboxylic acids is 1. The highest BCUT2D eigenvalue weighted by Crippen LogP contribution is 2.22. The molecule has 7 nitrogen and oxygen atoms in total. The van der Waals surface area contributed by atoms with E-state index in [0.717, 1.165) is 43.9 Å². The van der Waals surface area contributed by atoms with Gasteiger partial charge in [0.1, 0.15) is 5.82 Å². The zero-order valence-corrected chi connectivity index (χ0v) is 16.4. The van der Waals surface area contributed by atoms with Gasteiger partial charge in [-0.3, -0.25) is 14.5 Å². The molecule has 150 valence electrons. The molecule has 0 radical (unpaired) electrons. The van der Waals surface area contributed by atoms with Gasteiger partial charge in [0, 0.05) is 43.9 Å². The lowest BCUT2D eigenvalue weighted by Gasteiger charge is -2.36. The van der Waals surface area contributed by atoms with E-state index in [1.54, 1.807) is 18.6 Å². The van der Waals surface area contributed by atoms with E-state index in [1.807, 2.05) is 52.2 Å². The largest absolute Gasteiger partial charge is 0.364 e.